The molecule has 1 amide bonds. The fourth-order valence-electron chi connectivity index (χ4n) is 3.22. The highest BCUT2D eigenvalue weighted by Gasteiger charge is 2.26. The van der Waals surface area contributed by atoms with Gasteiger partial charge in [0.15, 0.2) is 11.3 Å². The van der Waals surface area contributed by atoms with Gasteiger partial charge in [-0.2, -0.15) is 5.10 Å². The quantitative estimate of drug-likeness (QED) is 0.862. The van der Waals surface area contributed by atoms with Crippen LogP contribution in [0.3, 0.4) is 0 Å². The molecule has 9 heteroatoms. The average molecular weight is 365 g/mol. The van der Waals surface area contributed by atoms with E-state index in [0.717, 1.165) is 24.2 Å². The summed E-state index contributed by atoms with van der Waals surface area (Å²) in [5.74, 6) is -0.148. The Balaban J connectivity index is 1.66. The molecule has 1 atom stereocenters. The first-order valence-corrected chi connectivity index (χ1v) is 10.2. The van der Waals surface area contributed by atoms with Gasteiger partial charge in [0.1, 0.15) is 0 Å². The van der Waals surface area contributed by atoms with Crippen LogP contribution >= 0.6 is 0 Å². The van der Waals surface area contributed by atoms with Crippen LogP contribution in [0.4, 0.5) is 0 Å². The lowest BCUT2D eigenvalue weighted by Crippen LogP contribution is -2.43. The van der Waals surface area contributed by atoms with E-state index in [1.165, 1.54) is 10.6 Å². The van der Waals surface area contributed by atoms with Crippen LogP contribution in [0, 0.1) is 19.8 Å². The topological polar surface area (TPSA) is 96.7 Å². The number of rotatable bonds is 4. The molecule has 25 heavy (non-hydrogen) atoms. The van der Waals surface area contributed by atoms with Crippen LogP contribution in [0.2, 0.25) is 0 Å². The zero-order valence-corrected chi connectivity index (χ0v) is 15.5. The Labute approximate surface area is 147 Å². The third-order valence-electron chi connectivity index (χ3n) is 4.47. The van der Waals surface area contributed by atoms with Crippen LogP contribution < -0.4 is 5.32 Å². The van der Waals surface area contributed by atoms with Crippen molar-refractivity contribution in [1.82, 2.24) is 24.2 Å². The summed E-state index contributed by atoms with van der Waals surface area (Å²) in [5.41, 5.74) is 2.75. The molecule has 0 spiro atoms. The highest BCUT2D eigenvalue weighted by atomic mass is 32.2. The highest BCUT2D eigenvalue weighted by Crippen LogP contribution is 2.18. The maximum Gasteiger partial charge on any atom is 0.271 e. The Morgan fingerprint density at radius 1 is 1.36 bits per heavy atom. The number of carbonyl (C=O) groups is 1. The van der Waals surface area contributed by atoms with Gasteiger partial charge in [-0.25, -0.2) is 22.2 Å². The van der Waals surface area contributed by atoms with Crippen molar-refractivity contribution in [2.24, 2.45) is 5.92 Å². The Hall–Kier alpha value is -2.00. The van der Waals surface area contributed by atoms with Gasteiger partial charge in [-0.1, -0.05) is 0 Å². The van der Waals surface area contributed by atoms with E-state index in [9.17, 15) is 13.2 Å². The van der Waals surface area contributed by atoms with Gasteiger partial charge in [0.25, 0.3) is 5.91 Å². The minimum atomic E-state index is -3.18. The van der Waals surface area contributed by atoms with E-state index in [1.807, 2.05) is 19.9 Å². The van der Waals surface area contributed by atoms with E-state index in [4.69, 9.17) is 0 Å². The molecule has 1 N–H and O–H groups in total. The monoisotopic (exact) mass is 365 g/mol. The molecule has 2 aromatic heterocycles. The molecule has 0 saturated carbocycles. The molecule has 1 aliphatic rings. The Morgan fingerprint density at radius 2 is 2.12 bits per heavy atom. The fourth-order valence-corrected chi connectivity index (χ4v) is 4.16. The molecule has 1 saturated heterocycles. The van der Waals surface area contributed by atoms with Gasteiger partial charge < -0.3 is 5.32 Å². The summed E-state index contributed by atoms with van der Waals surface area (Å²) in [6.07, 6.45) is 2.93. The summed E-state index contributed by atoms with van der Waals surface area (Å²) in [6, 6.07) is 3.57. The molecule has 3 rings (SSSR count). The highest BCUT2D eigenvalue weighted by molar-refractivity contribution is 7.88. The smallest absolute Gasteiger partial charge is 0.271 e. The SMILES string of the molecule is Cc1cc(C)n2nc(C(=O)NC[C@H]3CCCN(S(C)(=O)=O)C3)cc2n1. The maximum absolute atomic E-state index is 12.4. The van der Waals surface area contributed by atoms with Crippen molar-refractivity contribution in [3.05, 3.63) is 29.2 Å². The minimum Gasteiger partial charge on any atom is -0.350 e. The third-order valence-corrected chi connectivity index (χ3v) is 5.74. The number of aromatic nitrogens is 3. The number of hydrogen-bond donors (Lipinski definition) is 1. The Morgan fingerprint density at radius 3 is 2.84 bits per heavy atom. The number of sulfonamides is 1. The number of piperidine rings is 1. The van der Waals surface area contributed by atoms with Crippen molar-refractivity contribution in [2.75, 3.05) is 25.9 Å². The number of carbonyl (C=O) groups excluding carboxylic acids is 1. The molecule has 8 nitrogen and oxygen atoms in total. The molecule has 1 fully saturated rings. The number of hydrogen-bond acceptors (Lipinski definition) is 5. The van der Waals surface area contributed by atoms with E-state index in [-0.39, 0.29) is 11.8 Å². The van der Waals surface area contributed by atoms with Gasteiger partial charge in [0.05, 0.1) is 6.26 Å². The fraction of sp³-hybridized carbons (Fsp3) is 0.562. The summed E-state index contributed by atoms with van der Waals surface area (Å²) >= 11 is 0. The third kappa shape index (κ3) is 3.98. The predicted molar refractivity (Wildman–Crippen MR) is 93.9 cm³/mol. The van der Waals surface area contributed by atoms with Crippen molar-refractivity contribution < 1.29 is 13.2 Å². The molecular weight excluding hydrogens is 342 g/mol. The largest absolute Gasteiger partial charge is 0.350 e. The van der Waals surface area contributed by atoms with E-state index in [2.05, 4.69) is 15.4 Å². The summed E-state index contributed by atoms with van der Waals surface area (Å²) in [4.78, 5) is 16.8. The molecule has 1 aliphatic heterocycles. The van der Waals surface area contributed by atoms with Crippen LogP contribution in [0.15, 0.2) is 12.1 Å². The van der Waals surface area contributed by atoms with Crippen molar-refractivity contribution in [3.63, 3.8) is 0 Å². The molecule has 0 unspecified atom stereocenters. The summed E-state index contributed by atoms with van der Waals surface area (Å²) in [5, 5.41) is 7.18. The maximum atomic E-state index is 12.4. The van der Waals surface area contributed by atoms with Crippen LogP contribution in [-0.2, 0) is 10.0 Å². The van der Waals surface area contributed by atoms with Crippen LogP contribution in [0.25, 0.3) is 5.65 Å². The van der Waals surface area contributed by atoms with Gasteiger partial charge in [0.2, 0.25) is 10.0 Å². The Kier molecular flexibility index (Phi) is 4.79. The zero-order valence-electron chi connectivity index (χ0n) is 14.7. The number of amides is 1. The second kappa shape index (κ2) is 6.72. The molecule has 0 bridgehead atoms. The first-order chi connectivity index (χ1) is 11.7. The van der Waals surface area contributed by atoms with Crippen LogP contribution in [-0.4, -0.2) is 59.1 Å². The summed E-state index contributed by atoms with van der Waals surface area (Å²) < 4.78 is 26.5. The normalized spacial score (nSPS) is 19.2. The van der Waals surface area contributed by atoms with Gasteiger partial charge >= 0.3 is 0 Å². The molecule has 0 aromatic carbocycles. The van der Waals surface area contributed by atoms with Crippen molar-refractivity contribution in [2.45, 2.75) is 26.7 Å². The van der Waals surface area contributed by atoms with Gasteiger partial charge in [-0.15, -0.1) is 0 Å². The van der Waals surface area contributed by atoms with E-state index in [0.29, 0.717) is 31.0 Å². The number of nitrogens with one attached hydrogen (secondary N) is 1. The molecule has 2 aromatic rings. The minimum absolute atomic E-state index is 0.117. The number of fused-ring (bicyclic) bond motifs is 1. The van der Waals surface area contributed by atoms with Crippen LogP contribution in [0.1, 0.15) is 34.7 Å². The summed E-state index contributed by atoms with van der Waals surface area (Å²) in [7, 11) is -3.18. The molecule has 0 radical (unpaired) electrons. The average Bonchev–Trinajstić information content (AvgIpc) is 2.96. The van der Waals surface area contributed by atoms with E-state index in [1.54, 1.807) is 10.6 Å². The van der Waals surface area contributed by atoms with Gasteiger partial charge in [-0.3, -0.25) is 4.79 Å². The van der Waals surface area contributed by atoms with Crippen molar-refractivity contribution >= 4 is 21.6 Å². The number of nitrogens with zero attached hydrogens (tertiary/aromatic N) is 4. The molecule has 3 heterocycles. The zero-order chi connectivity index (χ0) is 18.2. The van der Waals surface area contributed by atoms with Gasteiger partial charge in [0, 0.05) is 37.1 Å². The first-order valence-electron chi connectivity index (χ1n) is 8.31. The standard InChI is InChI=1S/C16H23N5O3S/c1-11-7-12(2)21-15(18-11)8-14(19-21)16(22)17-9-13-5-4-6-20(10-13)25(3,23)24/h7-8,13H,4-6,9-10H2,1-3H3,(H,17,22)/t13-/m1/s1. The van der Waals surface area contributed by atoms with E-state index < -0.39 is 10.0 Å². The number of aryl methyl sites for hydroxylation is 2. The Bertz CT molecular complexity index is 906. The first kappa shape index (κ1) is 17.8. The van der Waals surface area contributed by atoms with Crippen molar-refractivity contribution in [3.8, 4) is 0 Å². The van der Waals surface area contributed by atoms with Crippen LogP contribution in [0.5, 0.6) is 0 Å². The lowest BCUT2D eigenvalue weighted by molar-refractivity contribution is 0.0936. The second-order valence-corrected chi connectivity index (χ2v) is 8.66. The van der Waals surface area contributed by atoms with Gasteiger partial charge in [-0.05, 0) is 38.7 Å². The molecule has 136 valence electrons. The lowest BCUT2D eigenvalue weighted by atomic mass is 10.00. The van der Waals surface area contributed by atoms with Crippen molar-refractivity contribution in [1.29, 1.82) is 0 Å². The molecule has 0 aliphatic carbocycles. The second-order valence-electron chi connectivity index (χ2n) is 6.68. The van der Waals surface area contributed by atoms with E-state index >= 15 is 0 Å². The summed E-state index contributed by atoms with van der Waals surface area (Å²) in [6.45, 7) is 5.25. The molecular formula is C16H23N5O3S. The lowest BCUT2D eigenvalue weighted by Gasteiger charge is -2.30. The predicted octanol–water partition coefficient (Wildman–Crippen LogP) is 0.748.